The van der Waals surface area contributed by atoms with Crippen molar-refractivity contribution in [2.24, 2.45) is 0 Å². The lowest BCUT2D eigenvalue weighted by Crippen LogP contribution is -2.47. The molecule has 0 saturated carbocycles. The minimum atomic E-state index is 0.00485. The van der Waals surface area contributed by atoms with Gasteiger partial charge in [-0.1, -0.05) is 18.2 Å². The van der Waals surface area contributed by atoms with Crippen LogP contribution in [0.25, 0.3) is 10.9 Å². The van der Waals surface area contributed by atoms with Crippen molar-refractivity contribution < 1.29 is 9.59 Å². The maximum atomic E-state index is 11.4. The lowest BCUT2D eigenvalue weighted by molar-refractivity contribution is -0.130. The third-order valence-corrected chi connectivity index (χ3v) is 4.87. The summed E-state index contributed by atoms with van der Waals surface area (Å²) in [7, 11) is 0. The van der Waals surface area contributed by atoms with Crippen LogP contribution in [0.15, 0.2) is 24.4 Å². The van der Waals surface area contributed by atoms with Crippen LogP contribution in [0, 0.1) is 0 Å². The number of rotatable bonds is 5. The molecule has 2 heterocycles. The maximum absolute atomic E-state index is 11.4. The van der Waals surface area contributed by atoms with Gasteiger partial charge >= 0.3 is 0 Å². The summed E-state index contributed by atoms with van der Waals surface area (Å²) < 4.78 is 0. The third kappa shape index (κ3) is 4.20. The molecule has 1 aliphatic rings. The summed E-state index contributed by atoms with van der Waals surface area (Å²) in [6.45, 7) is 8.14. The number of piperazine rings is 1. The van der Waals surface area contributed by atoms with Gasteiger partial charge in [-0.15, -0.1) is 0 Å². The minimum absolute atomic E-state index is 0.00485. The molecule has 2 amide bonds. The van der Waals surface area contributed by atoms with Crippen LogP contribution in [-0.4, -0.2) is 59.3 Å². The van der Waals surface area contributed by atoms with E-state index in [9.17, 15) is 9.59 Å². The van der Waals surface area contributed by atoms with E-state index in [1.54, 1.807) is 13.8 Å². The molecule has 2 N–H and O–H groups in total. The number of H-pyrrole nitrogens is 1. The van der Waals surface area contributed by atoms with Crippen molar-refractivity contribution in [2.45, 2.75) is 26.8 Å². The number of carbonyl (C=O) groups excluding carboxylic acids is 2. The molecule has 6 nitrogen and oxygen atoms in total. The standard InChI is InChI=1S/C19H26N4O2/c1-14(24)20-7-6-16-12-21-19-17(4-3-5-18(16)19)13-22-8-10-23(11-9-22)15(2)25/h3-5,12,21H,6-11,13H2,1-2H3,(H,20,24). The summed E-state index contributed by atoms with van der Waals surface area (Å²) in [4.78, 5) is 30.2. The molecule has 0 spiro atoms. The molecule has 25 heavy (non-hydrogen) atoms. The predicted molar refractivity (Wildman–Crippen MR) is 98.2 cm³/mol. The number of nitrogens with zero attached hydrogens (tertiary/aromatic N) is 2. The second kappa shape index (κ2) is 7.70. The van der Waals surface area contributed by atoms with Crippen molar-refractivity contribution in [3.63, 3.8) is 0 Å². The Morgan fingerprint density at radius 3 is 2.56 bits per heavy atom. The van der Waals surface area contributed by atoms with E-state index >= 15 is 0 Å². The molecular formula is C19H26N4O2. The van der Waals surface area contributed by atoms with Crippen molar-refractivity contribution >= 4 is 22.7 Å². The predicted octanol–water partition coefficient (Wildman–Crippen LogP) is 1.51. The van der Waals surface area contributed by atoms with Crippen LogP contribution in [0.2, 0.25) is 0 Å². The second-order valence-electron chi connectivity index (χ2n) is 6.67. The Labute approximate surface area is 148 Å². The molecule has 0 radical (unpaired) electrons. The van der Waals surface area contributed by atoms with Gasteiger partial charge in [0.25, 0.3) is 0 Å². The van der Waals surface area contributed by atoms with Gasteiger partial charge in [0, 0.05) is 64.7 Å². The topological polar surface area (TPSA) is 68.4 Å². The number of amides is 2. The Morgan fingerprint density at radius 1 is 1.12 bits per heavy atom. The highest BCUT2D eigenvalue weighted by Gasteiger charge is 2.19. The Bertz CT molecular complexity index is 760. The summed E-state index contributed by atoms with van der Waals surface area (Å²) >= 11 is 0. The van der Waals surface area contributed by atoms with E-state index in [0.29, 0.717) is 6.54 Å². The highest BCUT2D eigenvalue weighted by molar-refractivity contribution is 5.86. The normalized spacial score (nSPS) is 15.5. The van der Waals surface area contributed by atoms with Crippen molar-refractivity contribution in [1.29, 1.82) is 0 Å². The van der Waals surface area contributed by atoms with E-state index in [1.807, 2.05) is 11.1 Å². The van der Waals surface area contributed by atoms with E-state index < -0.39 is 0 Å². The van der Waals surface area contributed by atoms with Gasteiger partial charge < -0.3 is 15.2 Å². The molecule has 1 fully saturated rings. The van der Waals surface area contributed by atoms with Crippen molar-refractivity contribution in [3.8, 4) is 0 Å². The number of para-hydroxylation sites is 1. The number of nitrogens with one attached hydrogen (secondary N) is 2. The van der Waals surface area contributed by atoms with E-state index in [4.69, 9.17) is 0 Å². The van der Waals surface area contributed by atoms with Crippen molar-refractivity contribution in [3.05, 3.63) is 35.5 Å². The summed E-state index contributed by atoms with van der Waals surface area (Å²) in [6, 6.07) is 6.39. The number of hydrogen-bond acceptors (Lipinski definition) is 3. The Hall–Kier alpha value is -2.34. The fourth-order valence-electron chi connectivity index (χ4n) is 3.45. The van der Waals surface area contributed by atoms with Gasteiger partial charge in [0.1, 0.15) is 0 Å². The Morgan fingerprint density at radius 2 is 1.88 bits per heavy atom. The quantitative estimate of drug-likeness (QED) is 0.865. The second-order valence-corrected chi connectivity index (χ2v) is 6.67. The van der Waals surface area contributed by atoms with Crippen LogP contribution in [0.4, 0.5) is 0 Å². The average molecular weight is 342 g/mol. The van der Waals surface area contributed by atoms with E-state index in [0.717, 1.165) is 39.1 Å². The molecule has 0 unspecified atom stereocenters. The molecule has 134 valence electrons. The van der Waals surface area contributed by atoms with E-state index in [1.165, 1.54) is 22.0 Å². The highest BCUT2D eigenvalue weighted by atomic mass is 16.2. The van der Waals surface area contributed by atoms with Crippen LogP contribution in [-0.2, 0) is 22.6 Å². The van der Waals surface area contributed by atoms with Gasteiger partial charge in [-0.05, 0) is 17.5 Å². The first kappa shape index (κ1) is 17.5. The van der Waals surface area contributed by atoms with Gasteiger partial charge in [0.15, 0.2) is 0 Å². The highest BCUT2D eigenvalue weighted by Crippen LogP contribution is 2.23. The van der Waals surface area contributed by atoms with E-state index in [-0.39, 0.29) is 11.8 Å². The average Bonchev–Trinajstić information content (AvgIpc) is 2.99. The zero-order chi connectivity index (χ0) is 17.8. The molecule has 0 aliphatic carbocycles. The number of carbonyl (C=O) groups is 2. The van der Waals surface area contributed by atoms with E-state index in [2.05, 4.69) is 33.4 Å². The molecule has 1 aliphatic heterocycles. The molecule has 1 aromatic carbocycles. The Kier molecular flexibility index (Phi) is 5.38. The van der Waals surface area contributed by atoms with Crippen LogP contribution in [0.1, 0.15) is 25.0 Å². The lowest BCUT2D eigenvalue weighted by atomic mass is 10.1. The molecular weight excluding hydrogens is 316 g/mol. The number of benzene rings is 1. The fraction of sp³-hybridized carbons (Fsp3) is 0.474. The summed E-state index contributed by atoms with van der Waals surface area (Å²) in [5, 5.41) is 4.08. The van der Waals surface area contributed by atoms with Gasteiger partial charge in [0.05, 0.1) is 5.52 Å². The van der Waals surface area contributed by atoms with Crippen molar-refractivity contribution in [2.75, 3.05) is 32.7 Å². The van der Waals surface area contributed by atoms with Crippen LogP contribution in [0.3, 0.4) is 0 Å². The molecule has 0 atom stereocenters. The molecule has 2 aromatic rings. The molecule has 1 saturated heterocycles. The maximum Gasteiger partial charge on any atom is 0.219 e. The first-order chi connectivity index (χ1) is 12.0. The number of fused-ring (bicyclic) bond motifs is 1. The van der Waals surface area contributed by atoms with Gasteiger partial charge in [-0.2, -0.15) is 0 Å². The molecule has 0 bridgehead atoms. The van der Waals surface area contributed by atoms with Crippen LogP contribution < -0.4 is 5.32 Å². The minimum Gasteiger partial charge on any atom is -0.361 e. The van der Waals surface area contributed by atoms with Crippen molar-refractivity contribution in [1.82, 2.24) is 20.1 Å². The smallest absolute Gasteiger partial charge is 0.219 e. The number of aromatic nitrogens is 1. The first-order valence-electron chi connectivity index (χ1n) is 8.85. The molecule has 1 aromatic heterocycles. The number of hydrogen-bond donors (Lipinski definition) is 2. The van der Waals surface area contributed by atoms with Crippen LogP contribution >= 0.6 is 0 Å². The molecule has 3 rings (SSSR count). The summed E-state index contributed by atoms with van der Waals surface area (Å²) in [5.41, 5.74) is 3.68. The fourth-order valence-corrected chi connectivity index (χ4v) is 3.45. The largest absolute Gasteiger partial charge is 0.361 e. The van der Waals surface area contributed by atoms with Crippen LogP contribution in [0.5, 0.6) is 0 Å². The SMILES string of the molecule is CC(=O)NCCc1c[nH]c2c(CN3CCN(C(C)=O)CC3)cccc12. The monoisotopic (exact) mass is 342 g/mol. The first-order valence-corrected chi connectivity index (χ1v) is 8.85. The van der Waals surface area contributed by atoms with Gasteiger partial charge in [-0.25, -0.2) is 0 Å². The third-order valence-electron chi connectivity index (χ3n) is 4.87. The number of aromatic amines is 1. The van der Waals surface area contributed by atoms with Gasteiger partial charge in [0.2, 0.25) is 11.8 Å². The Balaban J connectivity index is 1.67. The zero-order valence-corrected chi connectivity index (χ0v) is 15.0. The lowest BCUT2D eigenvalue weighted by Gasteiger charge is -2.34. The van der Waals surface area contributed by atoms with Gasteiger partial charge in [-0.3, -0.25) is 14.5 Å². The zero-order valence-electron chi connectivity index (χ0n) is 15.0. The summed E-state index contributed by atoms with van der Waals surface area (Å²) in [5.74, 6) is 0.167. The summed E-state index contributed by atoms with van der Waals surface area (Å²) in [6.07, 6.45) is 2.87. The molecule has 6 heteroatoms.